The third kappa shape index (κ3) is 3.36. The Kier molecular flexibility index (Phi) is 4.99. The van der Waals surface area contributed by atoms with Crippen LogP contribution in [0.5, 0.6) is 0 Å². The minimum absolute atomic E-state index is 0.0262. The van der Waals surface area contributed by atoms with E-state index >= 15 is 0 Å². The van der Waals surface area contributed by atoms with Crippen molar-refractivity contribution >= 4 is 23.2 Å². The standard InChI is InChI=1S/C25H25F2N3O2/c1-14(2)16-5-3-4-6-17(16)18-9-15-10-22(18)30(11-15)23(31)13-29-12-19-21(28-25(29)32)8-7-20(26)24(19)27/h3-9,14-15,22H,10-13H2,1-2H3,(H,28,32)/t15-,22-/m1/s1. The summed E-state index contributed by atoms with van der Waals surface area (Å²) >= 11 is 0. The van der Waals surface area contributed by atoms with Crippen LogP contribution in [-0.2, 0) is 11.3 Å². The molecule has 3 amide bonds. The Labute approximate surface area is 185 Å². The molecular formula is C25H25F2N3O2. The fourth-order valence-corrected chi connectivity index (χ4v) is 5.16. The van der Waals surface area contributed by atoms with E-state index in [-0.39, 0.29) is 36.3 Å². The monoisotopic (exact) mass is 437 g/mol. The maximum absolute atomic E-state index is 14.2. The zero-order valence-corrected chi connectivity index (χ0v) is 18.1. The van der Waals surface area contributed by atoms with Crippen molar-refractivity contribution in [2.24, 2.45) is 5.92 Å². The molecule has 1 fully saturated rings. The van der Waals surface area contributed by atoms with Gasteiger partial charge in [-0.2, -0.15) is 0 Å². The Balaban J connectivity index is 1.35. The fraction of sp³-hybridized carbons (Fsp3) is 0.360. The van der Waals surface area contributed by atoms with Crippen molar-refractivity contribution in [3.05, 3.63) is 70.8 Å². The highest BCUT2D eigenvalue weighted by Gasteiger charge is 2.43. The van der Waals surface area contributed by atoms with Crippen LogP contribution >= 0.6 is 0 Å². The summed E-state index contributed by atoms with van der Waals surface area (Å²) in [6, 6.07) is 10.1. The summed E-state index contributed by atoms with van der Waals surface area (Å²) in [5.74, 6) is -1.48. The summed E-state index contributed by atoms with van der Waals surface area (Å²) in [5, 5.41) is 2.56. The average molecular weight is 437 g/mol. The number of hydrogen-bond donors (Lipinski definition) is 1. The number of carbonyl (C=O) groups excluding carboxylic acids is 2. The quantitative estimate of drug-likeness (QED) is 0.751. The Hall–Kier alpha value is -3.22. The predicted molar refractivity (Wildman–Crippen MR) is 118 cm³/mol. The first-order chi connectivity index (χ1) is 15.3. The van der Waals surface area contributed by atoms with Crippen molar-refractivity contribution in [1.29, 1.82) is 0 Å². The first-order valence-corrected chi connectivity index (χ1v) is 11.0. The Bertz CT molecular complexity index is 1140. The number of fused-ring (bicyclic) bond motifs is 3. The molecule has 2 aromatic carbocycles. The highest BCUT2D eigenvalue weighted by molar-refractivity contribution is 5.95. The molecular weight excluding hydrogens is 412 g/mol. The second-order valence-electron chi connectivity index (χ2n) is 9.10. The van der Waals surface area contributed by atoms with Crippen LogP contribution in [0.2, 0.25) is 0 Å². The maximum atomic E-state index is 14.2. The van der Waals surface area contributed by atoms with Crippen molar-refractivity contribution < 1.29 is 18.4 Å². The number of carbonyl (C=O) groups is 2. The van der Waals surface area contributed by atoms with E-state index in [1.807, 2.05) is 17.0 Å². The lowest BCUT2D eigenvalue weighted by Gasteiger charge is -2.34. The zero-order chi connectivity index (χ0) is 22.6. The van der Waals surface area contributed by atoms with Crippen LogP contribution in [-0.4, -0.2) is 40.9 Å². The Morgan fingerprint density at radius 3 is 2.72 bits per heavy atom. The van der Waals surface area contributed by atoms with Gasteiger partial charge in [-0.1, -0.05) is 44.2 Å². The van der Waals surface area contributed by atoms with Gasteiger partial charge in [-0.15, -0.1) is 0 Å². The normalized spacial score (nSPS) is 21.7. The van der Waals surface area contributed by atoms with Gasteiger partial charge in [0.15, 0.2) is 11.6 Å². The first-order valence-electron chi connectivity index (χ1n) is 11.0. The molecule has 7 heteroatoms. The average Bonchev–Trinajstić information content (AvgIpc) is 3.39. The third-order valence-corrected chi connectivity index (χ3v) is 6.72. The van der Waals surface area contributed by atoms with E-state index in [4.69, 9.17) is 0 Å². The highest BCUT2D eigenvalue weighted by atomic mass is 19.2. The first kappa shape index (κ1) is 20.7. The van der Waals surface area contributed by atoms with Gasteiger partial charge in [0.05, 0.1) is 18.3 Å². The van der Waals surface area contributed by atoms with Crippen LogP contribution in [0.3, 0.4) is 0 Å². The topological polar surface area (TPSA) is 52.7 Å². The lowest BCUT2D eigenvalue weighted by molar-refractivity contribution is -0.132. The van der Waals surface area contributed by atoms with E-state index in [1.54, 1.807) is 0 Å². The fourth-order valence-electron chi connectivity index (χ4n) is 5.16. The molecule has 5 rings (SSSR count). The largest absolute Gasteiger partial charge is 0.333 e. The molecule has 32 heavy (non-hydrogen) atoms. The summed E-state index contributed by atoms with van der Waals surface area (Å²) in [5.41, 5.74) is 3.90. The van der Waals surface area contributed by atoms with Gasteiger partial charge in [0.25, 0.3) is 0 Å². The van der Waals surface area contributed by atoms with Gasteiger partial charge in [0.2, 0.25) is 5.91 Å². The summed E-state index contributed by atoms with van der Waals surface area (Å²) < 4.78 is 27.9. The Morgan fingerprint density at radius 2 is 1.97 bits per heavy atom. The van der Waals surface area contributed by atoms with Crippen LogP contribution in [0.4, 0.5) is 19.3 Å². The molecule has 166 valence electrons. The van der Waals surface area contributed by atoms with Crippen molar-refractivity contribution in [3.8, 4) is 0 Å². The SMILES string of the molecule is CC(C)c1ccccc1C1=C[C@@H]2C[C@H]1N(C(=O)CN1Cc3c(ccc(F)c3F)NC1=O)C2. The molecule has 2 aliphatic heterocycles. The molecule has 0 spiro atoms. The molecule has 0 aromatic heterocycles. The van der Waals surface area contributed by atoms with Gasteiger partial charge >= 0.3 is 6.03 Å². The summed E-state index contributed by atoms with van der Waals surface area (Å²) in [7, 11) is 0. The van der Waals surface area contributed by atoms with E-state index in [1.165, 1.54) is 27.7 Å². The van der Waals surface area contributed by atoms with Crippen LogP contribution in [0, 0.1) is 17.6 Å². The molecule has 1 saturated heterocycles. The van der Waals surface area contributed by atoms with Crippen LogP contribution in [0.1, 0.15) is 42.9 Å². The molecule has 1 N–H and O–H groups in total. The molecule has 2 heterocycles. The molecule has 3 aliphatic rings. The number of nitrogens with one attached hydrogen (secondary N) is 1. The Morgan fingerprint density at radius 1 is 1.19 bits per heavy atom. The molecule has 2 aromatic rings. The molecule has 2 bridgehead atoms. The van der Waals surface area contributed by atoms with Gasteiger partial charge in [-0.25, -0.2) is 13.6 Å². The van der Waals surface area contributed by atoms with Crippen molar-refractivity contribution in [3.63, 3.8) is 0 Å². The number of benzene rings is 2. The number of urea groups is 1. The summed E-state index contributed by atoms with van der Waals surface area (Å²) in [6.07, 6.45) is 3.15. The highest BCUT2D eigenvalue weighted by Crippen LogP contribution is 2.43. The van der Waals surface area contributed by atoms with E-state index in [0.29, 0.717) is 18.4 Å². The smallest absolute Gasteiger partial charge is 0.322 e. The number of likely N-dealkylation sites (tertiary alicyclic amines) is 1. The van der Waals surface area contributed by atoms with Crippen molar-refractivity contribution in [1.82, 2.24) is 9.80 Å². The predicted octanol–water partition coefficient (Wildman–Crippen LogP) is 4.75. The van der Waals surface area contributed by atoms with Crippen LogP contribution in [0.25, 0.3) is 5.57 Å². The molecule has 0 radical (unpaired) electrons. The van der Waals surface area contributed by atoms with Gasteiger partial charge in [0, 0.05) is 12.1 Å². The van der Waals surface area contributed by atoms with Crippen molar-refractivity contribution in [2.75, 3.05) is 18.4 Å². The second kappa shape index (κ2) is 7.73. The van der Waals surface area contributed by atoms with E-state index < -0.39 is 17.7 Å². The molecule has 0 saturated carbocycles. The minimum atomic E-state index is -0.990. The molecule has 1 aliphatic carbocycles. The number of nitrogens with zero attached hydrogens (tertiary/aromatic N) is 2. The van der Waals surface area contributed by atoms with E-state index in [2.05, 4.69) is 37.4 Å². The maximum Gasteiger partial charge on any atom is 0.322 e. The van der Waals surface area contributed by atoms with Gasteiger partial charge in [0.1, 0.15) is 6.54 Å². The van der Waals surface area contributed by atoms with Gasteiger partial charge in [-0.05, 0) is 47.1 Å². The summed E-state index contributed by atoms with van der Waals surface area (Å²) in [4.78, 5) is 28.8. The zero-order valence-electron chi connectivity index (χ0n) is 18.1. The number of rotatable bonds is 4. The molecule has 5 nitrogen and oxygen atoms in total. The molecule has 2 atom stereocenters. The number of halogens is 2. The summed E-state index contributed by atoms with van der Waals surface area (Å²) in [6.45, 7) is 4.61. The lowest BCUT2D eigenvalue weighted by Crippen LogP contribution is -2.48. The number of amides is 3. The molecule has 0 unspecified atom stereocenters. The van der Waals surface area contributed by atoms with Crippen molar-refractivity contribution in [2.45, 2.75) is 38.8 Å². The van der Waals surface area contributed by atoms with Crippen LogP contribution in [0.15, 0.2) is 42.5 Å². The third-order valence-electron chi connectivity index (χ3n) is 6.72. The van der Waals surface area contributed by atoms with E-state index in [9.17, 15) is 18.4 Å². The van der Waals surface area contributed by atoms with E-state index in [0.717, 1.165) is 12.5 Å². The minimum Gasteiger partial charge on any atom is -0.333 e. The number of hydrogen-bond acceptors (Lipinski definition) is 2. The second-order valence-corrected chi connectivity index (χ2v) is 9.10. The van der Waals surface area contributed by atoms with Gasteiger partial charge in [-0.3, -0.25) is 4.79 Å². The number of anilines is 1. The lowest BCUT2D eigenvalue weighted by atomic mass is 9.90. The van der Waals surface area contributed by atoms with Gasteiger partial charge < -0.3 is 15.1 Å². The van der Waals surface area contributed by atoms with Crippen LogP contribution < -0.4 is 5.32 Å².